The molecular formula is C19H19ClN2. The summed E-state index contributed by atoms with van der Waals surface area (Å²) in [5.41, 5.74) is 4.93. The lowest BCUT2D eigenvalue weighted by atomic mass is 9.86. The lowest BCUT2D eigenvalue weighted by Gasteiger charge is -2.24. The second kappa shape index (κ2) is 5.79. The van der Waals surface area contributed by atoms with Crippen molar-refractivity contribution in [3.63, 3.8) is 0 Å². The Bertz CT molecular complexity index is 800. The van der Waals surface area contributed by atoms with Gasteiger partial charge in [-0.3, -0.25) is 0 Å². The van der Waals surface area contributed by atoms with Crippen LogP contribution in [0.1, 0.15) is 24.3 Å². The molecule has 4 rings (SSSR count). The predicted molar refractivity (Wildman–Crippen MR) is 93.6 cm³/mol. The van der Waals surface area contributed by atoms with Gasteiger partial charge in [-0.2, -0.15) is 0 Å². The molecule has 0 bridgehead atoms. The van der Waals surface area contributed by atoms with E-state index in [4.69, 9.17) is 11.6 Å². The van der Waals surface area contributed by atoms with E-state index in [9.17, 15) is 0 Å². The van der Waals surface area contributed by atoms with Crippen molar-refractivity contribution in [2.75, 3.05) is 13.1 Å². The normalized spacial score (nSPS) is 16.2. The summed E-state index contributed by atoms with van der Waals surface area (Å²) < 4.78 is 0. The van der Waals surface area contributed by atoms with E-state index in [2.05, 4.69) is 46.7 Å². The zero-order valence-electron chi connectivity index (χ0n) is 12.4. The maximum absolute atomic E-state index is 6.46. The van der Waals surface area contributed by atoms with Gasteiger partial charge in [0.25, 0.3) is 0 Å². The molecule has 1 aliphatic heterocycles. The number of piperidine rings is 1. The summed E-state index contributed by atoms with van der Waals surface area (Å²) in [7, 11) is 0. The van der Waals surface area contributed by atoms with Gasteiger partial charge in [0.2, 0.25) is 0 Å². The van der Waals surface area contributed by atoms with Crippen LogP contribution in [-0.2, 0) is 0 Å². The average molecular weight is 311 g/mol. The second-order valence-electron chi connectivity index (χ2n) is 5.96. The first kappa shape index (κ1) is 13.9. The average Bonchev–Trinajstić information content (AvgIpc) is 2.95. The molecule has 22 heavy (non-hydrogen) atoms. The fourth-order valence-corrected chi connectivity index (χ4v) is 3.80. The van der Waals surface area contributed by atoms with Crippen molar-refractivity contribution in [1.29, 1.82) is 0 Å². The Morgan fingerprint density at radius 3 is 2.45 bits per heavy atom. The van der Waals surface area contributed by atoms with Gasteiger partial charge in [0, 0.05) is 21.5 Å². The molecule has 1 aliphatic rings. The van der Waals surface area contributed by atoms with E-state index in [1.54, 1.807) is 0 Å². The highest BCUT2D eigenvalue weighted by molar-refractivity contribution is 6.33. The van der Waals surface area contributed by atoms with Crippen molar-refractivity contribution in [1.82, 2.24) is 10.3 Å². The summed E-state index contributed by atoms with van der Waals surface area (Å²) >= 11 is 6.46. The largest absolute Gasteiger partial charge is 0.354 e. The number of aromatic nitrogens is 1. The fourth-order valence-electron chi connectivity index (χ4n) is 3.57. The van der Waals surface area contributed by atoms with Crippen LogP contribution in [0.25, 0.3) is 22.2 Å². The highest BCUT2D eigenvalue weighted by Crippen LogP contribution is 2.41. The van der Waals surface area contributed by atoms with Crippen LogP contribution in [-0.4, -0.2) is 18.1 Å². The minimum Gasteiger partial charge on any atom is -0.354 e. The Balaban J connectivity index is 1.95. The van der Waals surface area contributed by atoms with E-state index in [0.29, 0.717) is 5.92 Å². The molecule has 3 aromatic rings. The molecule has 2 nitrogen and oxygen atoms in total. The first-order valence-corrected chi connectivity index (χ1v) is 8.28. The Morgan fingerprint density at radius 1 is 0.909 bits per heavy atom. The Labute approximate surface area is 135 Å². The van der Waals surface area contributed by atoms with E-state index >= 15 is 0 Å². The van der Waals surface area contributed by atoms with Gasteiger partial charge in [-0.25, -0.2) is 0 Å². The van der Waals surface area contributed by atoms with Crippen LogP contribution < -0.4 is 5.32 Å². The number of fused-ring (bicyclic) bond motifs is 1. The molecule has 2 N–H and O–H groups in total. The highest BCUT2D eigenvalue weighted by Gasteiger charge is 2.23. The lowest BCUT2D eigenvalue weighted by molar-refractivity contribution is 0.463. The Hall–Kier alpha value is -1.77. The molecule has 0 atom stereocenters. The van der Waals surface area contributed by atoms with Crippen molar-refractivity contribution in [3.05, 3.63) is 59.1 Å². The molecule has 0 unspecified atom stereocenters. The number of nitrogens with one attached hydrogen (secondary N) is 2. The number of para-hydroxylation sites is 1. The zero-order chi connectivity index (χ0) is 14.9. The van der Waals surface area contributed by atoms with Gasteiger partial charge in [-0.15, -0.1) is 0 Å². The maximum atomic E-state index is 6.46. The molecule has 0 aliphatic carbocycles. The van der Waals surface area contributed by atoms with E-state index < -0.39 is 0 Å². The standard InChI is InChI=1S/C19H19ClN2/c20-16-7-3-1-5-14(16)19-18(13-9-11-21-12-10-13)15-6-2-4-8-17(15)22-19/h1-8,13,21-22H,9-12H2. The smallest absolute Gasteiger partial charge is 0.0515 e. The SMILES string of the molecule is Clc1ccccc1-c1[nH]c2ccccc2c1C1CCNCC1. The minimum absolute atomic E-state index is 0.587. The summed E-state index contributed by atoms with van der Waals surface area (Å²) in [6, 6.07) is 16.7. The third kappa shape index (κ3) is 2.33. The van der Waals surface area contributed by atoms with Gasteiger partial charge >= 0.3 is 0 Å². The summed E-state index contributed by atoms with van der Waals surface area (Å²) in [5, 5.41) is 5.61. The van der Waals surface area contributed by atoms with Gasteiger partial charge in [0.15, 0.2) is 0 Å². The van der Waals surface area contributed by atoms with Gasteiger partial charge in [0.1, 0.15) is 0 Å². The number of halogens is 1. The van der Waals surface area contributed by atoms with Gasteiger partial charge in [-0.1, -0.05) is 48.0 Å². The molecule has 2 heterocycles. The van der Waals surface area contributed by atoms with Crippen molar-refractivity contribution in [2.45, 2.75) is 18.8 Å². The van der Waals surface area contributed by atoms with Crippen LogP contribution in [0.4, 0.5) is 0 Å². The summed E-state index contributed by atoms with van der Waals surface area (Å²) in [6.45, 7) is 2.18. The van der Waals surface area contributed by atoms with Crippen molar-refractivity contribution >= 4 is 22.5 Å². The van der Waals surface area contributed by atoms with Crippen LogP contribution >= 0.6 is 11.6 Å². The van der Waals surface area contributed by atoms with Crippen LogP contribution in [0.2, 0.25) is 5.02 Å². The van der Waals surface area contributed by atoms with E-state index in [1.807, 2.05) is 12.1 Å². The predicted octanol–water partition coefficient (Wildman–Crippen LogP) is 4.96. The molecule has 1 aromatic heterocycles. The van der Waals surface area contributed by atoms with Crippen molar-refractivity contribution in [3.8, 4) is 11.3 Å². The highest BCUT2D eigenvalue weighted by atomic mass is 35.5. The molecule has 1 saturated heterocycles. The molecule has 0 radical (unpaired) electrons. The molecular weight excluding hydrogens is 292 g/mol. The summed E-state index contributed by atoms with van der Waals surface area (Å²) in [4.78, 5) is 3.61. The first-order chi connectivity index (χ1) is 10.8. The maximum Gasteiger partial charge on any atom is 0.0515 e. The number of rotatable bonds is 2. The van der Waals surface area contributed by atoms with E-state index in [1.165, 1.54) is 35.0 Å². The van der Waals surface area contributed by atoms with Crippen LogP contribution in [0.5, 0.6) is 0 Å². The Morgan fingerprint density at radius 2 is 1.64 bits per heavy atom. The molecule has 2 aromatic carbocycles. The minimum atomic E-state index is 0.587. The fraction of sp³-hybridized carbons (Fsp3) is 0.263. The Kier molecular flexibility index (Phi) is 3.65. The van der Waals surface area contributed by atoms with Crippen molar-refractivity contribution < 1.29 is 0 Å². The molecule has 3 heteroatoms. The quantitative estimate of drug-likeness (QED) is 0.688. The number of hydrogen-bond donors (Lipinski definition) is 2. The van der Waals surface area contributed by atoms with Crippen LogP contribution in [0, 0.1) is 0 Å². The number of benzene rings is 2. The zero-order valence-corrected chi connectivity index (χ0v) is 13.2. The van der Waals surface area contributed by atoms with Crippen LogP contribution in [0.15, 0.2) is 48.5 Å². The monoisotopic (exact) mass is 310 g/mol. The van der Waals surface area contributed by atoms with Gasteiger partial charge < -0.3 is 10.3 Å². The molecule has 0 spiro atoms. The topological polar surface area (TPSA) is 27.8 Å². The molecule has 112 valence electrons. The van der Waals surface area contributed by atoms with E-state index in [-0.39, 0.29) is 0 Å². The number of H-pyrrole nitrogens is 1. The third-order valence-electron chi connectivity index (χ3n) is 4.64. The second-order valence-corrected chi connectivity index (χ2v) is 6.37. The molecule has 0 saturated carbocycles. The third-order valence-corrected chi connectivity index (χ3v) is 4.97. The molecule has 1 fully saturated rings. The summed E-state index contributed by atoms with van der Waals surface area (Å²) in [6.07, 6.45) is 2.36. The van der Waals surface area contributed by atoms with Crippen LogP contribution in [0.3, 0.4) is 0 Å². The molecule has 0 amide bonds. The summed E-state index contributed by atoms with van der Waals surface area (Å²) in [5.74, 6) is 0.587. The van der Waals surface area contributed by atoms with Gasteiger partial charge in [-0.05, 0) is 49.5 Å². The number of aromatic amines is 1. The van der Waals surface area contributed by atoms with Gasteiger partial charge in [0.05, 0.1) is 5.69 Å². The van der Waals surface area contributed by atoms with Crippen molar-refractivity contribution in [2.24, 2.45) is 0 Å². The lowest BCUT2D eigenvalue weighted by Crippen LogP contribution is -2.26. The first-order valence-electron chi connectivity index (χ1n) is 7.91. The van der Waals surface area contributed by atoms with E-state index in [0.717, 1.165) is 23.7 Å². The number of hydrogen-bond acceptors (Lipinski definition) is 1.